The number of carbonyl (C=O) groups is 2. The number of halogens is 2. The van der Waals surface area contributed by atoms with Gasteiger partial charge in [0.05, 0.1) is 13.2 Å². The summed E-state index contributed by atoms with van der Waals surface area (Å²) in [6, 6.07) is 7.48. The van der Waals surface area contributed by atoms with Crippen LogP contribution in [0, 0.1) is 0 Å². The van der Waals surface area contributed by atoms with Crippen molar-refractivity contribution in [3.05, 3.63) is 34.3 Å². The molecule has 1 atom stereocenters. The summed E-state index contributed by atoms with van der Waals surface area (Å²) < 4.78 is 6.34. The molecular weight excluding hydrogens is 410 g/mol. The highest BCUT2D eigenvalue weighted by molar-refractivity contribution is 9.10. The van der Waals surface area contributed by atoms with Gasteiger partial charge in [-0.2, -0.15) is 0 Å². The first kappa shape index (κ1) is 20.2. The summed E-state index contributed by atoms with van der Waals surface area (Å²) in [4.78, 5) is 28.5. The van der Waals surface area contributed by atoms with Crippen molar-refractivity contribution in [1.82, 2.24) is 15.1 Å². The number of amides is 2. The highest BCUT2D eigenvalue weighted by atomic mass is 79.9. The smallest absolute Gasteiger partial charge is 0.253 e. The van der Waals surface area contributed by atoms with Gasteiger partial charge < -0.3 is 19.9 Å². The molecule has 1 N–H and O–H groups in total. The van der Waals surface area contributed by atoms with Crippen LogP contribution >= 0.6 is 28.3 Å². The Bertz CT molecular complexity index is 585. The van der Waals surface area contributed by atoms with E-state index < -0.39 is 0 Å². The Morgan fingerprint density at radius 1 is 1.12 bits per heavy atom. The molecule has 25 heavy (non-hydrogen) atoms. The van der Waals surface area contributed by atoms with E-state index in [2.05, 4.69) is 21.2 Å². The summed E-state index contributed by atoms with van der Waals surface area (Å²) in [5.41, 5.74) is 0.682. The van der Waals surface area contributed by atoms with Crippen molar-refractivity contribution in [2.24, 2.45) is 0 Å². The first-order chi connectivity index (χ1) is 11.6. The number of benzene rings is 1. The average molecular weight is 433 g/mol. The maximum Gasteiger partial charge on any atom is 0.253 e. The van der Waals surface area contributed by atoms with Crippen molar-refractivity contribution >= 4 is 40.2 Å². The molecule has 0 aliphatic carbocycles. The van der Waals surface area contributed by atoms with E-state index in [0.29, 0.717) is 51.4 Å². The van der Waals surface area contributed by atoms with Gasteiger partial charge in [-0.25, -0.2) is 0 Å². The zero-order valence-corrected chi connectivity index (χ0v) is 16.4. The number of nitrogens with zero attached hydrogens (tertiary/aromatic N) is 2. The second-order valence-corrected chi connectivity index (χ2v) is 7.03. The van der Waals surface area contributed by atoms with Gasteiger partial charge in [0.25, 0.3) is 5.91 Å². The van der Waals surface area contributed by atoms with E-state index in [9.17, 15) is 9.59 Å². The predicted octanol–water partition coefficient (Wildman–Crippen LogP) is 1.53. The van der Waals surface area contributed by atoms with E-state index in [1.54, 1.807) is 0 Å². The molecule has 1 unspecified atom stereocenters. The largest absolute Gasteiger partial charge is 0.378 e. The monoisotopic (exact) mass is 431 g/mol. The maximum atomic E-state index is 12.5. The SMILES string of the molecule is Cl.O=C(CC1COCCN1)N1CCN(C(=O)c2ccc(Br)cc2)CC1. The predicted molar refractivity (Wildman–Crippen MR) is 101 cm³/mol. The van der Waals surface area contributed by atoms with E-state index >= 15 is 0 Å². The van der Waals surface area contributed by atoms with Crippen LogP contribution < -0.4 is 5.32 Å². The van der Waals surface area contributed by atoms with Gasteiger partial charge in [0.15, 0.2) is 0 Å². The third-order valence-corrected chi connectivity index (χ3v) is 4.96. The van der Waals surface area contributed by atoms with Crippen LogP contribution in [0.15, 0.2) is 28.7 Å². The van der Waals surface area contributed by atoms with Crippen LogP contribution in [0.5, 0.6) is 0 Å². The van der Waals surface area contributed by atoms with Gasteiger partial charge in [0.2, 0.25) is 5.91 Å². The summed E-state index contributed by atoms with van der Waals surface area (Å²) in [5, 5.41) is 3.30. The molecule has 2 aliphatic heterocycles. The van der Waals surface area contributed by atoms with Gasteiger partial charge in [-0.05, 0) is 24.3 Å². The van der Waals surface area contributed by atoms with Crippen molar-refractivity contribution in [2.45, 2.75) is 12.5 Å². The quantitative estimate of drug-likeness (QED) is 0.787. The molecule has 0 radical (unpaired) electrons. The Kier molecular flexibility index (Phi) is 7.68. The Morgan fingerprint density at radius 2 is 1.76 bits per heavy atom. The molecule has 0 saturated carbocycles. The van der Waals surface area contributed by atoms with Crippen molar-refractivity contribution in [3.63, 3.8) is 0 Å². The molecule has 0 aromatic heterocycles. The Hall–Kier alpha value is -1.15. The van der Waals surface area contributed by atoms with Gasteiger partial charge in [-0.3, -0.25) is 9.59 Å². The highest BCUT2D eigenvalue weighted by Gasteiger charge is 2.26. The number of piperazine rings is 1. The zero-order chi connectivity index (χ0) is 16.9. The third-order valence-electron chi connectivity index (χ3n) is 4.43. The minimum Gasteiger partial charge on any atom is -0.378 e. The second kappa shape index (κ2) is 9.52. The molecule has 1 aromatic carbocycles. The summed E-state index contributed by atoms with van der Waals surface area (Å²) >= 11 is 3.37. The fourth-order valence-electron chi connectivity index (χ4n) is 3.02. The molecule has 138 valence electrons. The van der Waals surface area contributed by atoms with E-state index in [-0.39, 0.29) is 30.3 Å². The number of hydrogen-bond acceptors (Lipinski definition) is 4. The minimum absolute atomic E-state index is 0. The number of carbonyl (C=O) groups excluding carboxylic acids is 2. The van der Waals surface area contributed by atoms with Crippen LogP contribution in [0.2, 0.25) is 0 Å². The van der Waals surface area contributed by atoms with Crippen LogP contribution in [0.1, 0.15) is 16.8 Å². The molecule has 2 fully saturated rings. The molecule has 2 amide bonds. The molecule has 2 heterocycles. The van der Waals surface area contributed by atoms with Crippen LogP contribution in [0.3, 0.4) is 0 Å². The highest BCUT2D eigenvalue weighted by Crippen LogP contribution is 2.14. The fraction of sp³-hybridized carbons (Fsp3) is 0.529. The van der Waals surface area contributed by atoms with E-state index in [4.69, 9.17) is 4.74 Å². The topological polar surface area (TPSA) is 61.9 Å². The fourth-order valence-corrected chi connectivity index (χ4v) is 3.29. The van der Waals surface area contributed by atoms with Crippen molar-refractivity contribution in [2.75, 3.05) is 45.9 Å². The lowest BCUT2D eigenvalue weighted by Gasteiger charge is -2.36. The van der Waals surface area contributed by atoms with Crippen LogP contribution in [0.4, 0.5) is 0 Å². The number of nitrogens with one attached hydrogen (secondary N) is 1. The average Bonchev–Trinajstić information content (AvgIpc) is 2.63. The molecule has 2 aliphatic rings. The van der Waals surface area contributed by atoms with Gasteiger partial charge in [-0.15, -0.1) is 12.4 Å². The van der Waals surface area contributed by atoms with Crippen LogP contribution in [-0.2, 0) is 9.53 Å². The third kappa shape index (κ3) is 5.41. The summed E-state index contributed by atoms with van der Waals surface area (Å²) in [6.07, 6.45) is 0.459. The Labute approximate surface area is 162 Å². The first-order valence-corrected chi connectivity index (χ1v) is 9.06. The summed E-state index contributed by atoms with van der Waals surface area (Å²) in [7, 11) is 0. The molecule has 0 spiro atoms. The molecule has 3 rings (SSSR count). The number of rotatable bonds is 3. The Balaban J connectivity index is 0.00000225. The van der Waals surface area contributed by atoms with Crippen LogP contribution in [-0.4, -0.2) is 73.6 Å². The van der Waals surface area contributed by atoms with Gasteiger partial charge >= 0.3 is 0 Å². The summed E-state index contributed by atoms with van der Waals surface area (Å²) in [5.74, 6) is 0.158. The van der Waals surface area contributed by atoms with Crippen molar-refractivity contribution in [3.8, 4) is 0 Å². The van der Waals surface area contributed by atoms with Gasteiger partial charge in [0.1, 0.15) is 0 Å². The number of hydrogen-bond donors (Lipinski definition) is 1. The van der Waals surface area contributed by atoms with Crippen molar-refractivity contribution < 1.29 is 14.3 Å². The number of morpholine rings is 1. The lowest BCUT2D eigenvalue weighted by Crippen LogP contribution is -2.52. The van der Waals surface area contributed by atoms with E-state index in [1.807, 2.05) is 34.1 Å². The van der Waals surface area contributed by atoms with E-state index in [0.717, 1.165) is 11.0 Å². The Morgan fingerprint density at radius 3 is 2.36 bits per heavy atom. The summed E-state index contributed by atoms with van der Waals surface area (Å²) in [6.45, 7) is 4.44. The van der Waals surface area contributed by atoms with Crippen molar-refractivity contribution in [1.29, 1.82) is 0 Å². The van der Waals surface area contributed by atoms with Gasteiger partial charge in [-0.1, -0.05) is 15.9 Å². The molecule has 0 bridgehead atoms. The number of ether oxygens (including phenoxy) is 1. The molecule has 8 heteroatoms. The zero-order valence-electron chi connectivity index (χ0n) is 13.9. The second-order valence-electron chi connectivity index (χ2n) is 6.11. The van der Waals surface area contributed by atoms with Gasteiger partial charge in [0, 0.05) is 55.2 Å². The lowest BCUT2D eigenvalue weighted by atomic mass is 10.1. The van der Waals surface area contributed by atoms with E-state index in [1.165, 1.54) is 0 Å². The standard InChI is InChI=1S/C17H22BrN3O3.ClH/c18-14-3-1-13(2-4-14)17(23)21-8-6-20(7-9-21)16(22)11-15-12-24-10-5-19-15;/h1-4,15,19H,5-12H2;1H. The normalized spacial score (nSPS) is 20.8. The lowest BCUT2D eigenvalue weighted by molar-refractivity contribution is -0.133. The first-order valence-electron chi connectivity index (χ1n) is 8.27. The molecule has 6 nitrogen and oxygen atoms in total. The molecule has 1 aromatic rings. The maximum absolute atomic E-state index is 12.5. The van der Waals surface area contributed by atoms with Crippen LogP contribution in [0.25, 0.3) is 0 Å². The molecule has 2 saturated heterocycles. The minimum atomic E-state index is 0. The molecular formula is C17H23BrClN3O3.